The molecule has 1 amide bonds. The van der Waals surface area contributed by atoms with Crippen LogP contribution in [0.15, 0.2) is 42.5 Å². The third-order valence-corrected chi connectivity index (χ3v) is 4.39. The summed E-state index contributed by atoms with van der Waals surface area (Å²) in [6.07, 6.45) is 0. The summed E-state index contributed by atoms with van der Waals surface area (Å²) >= 11 is 0. The normalized spacial score (nSPS) is 11.2. The van der Waals surface area contributed by atoms with E-state index in [1.54, 1.807) is 25.1 Å². The number of aryl methyl sites for hydroxylation is 1. The first-order chi connectivity index (χ1) is 12.4. The third kappa shape index (κ3) is 3.43. The van der Waals surface area contributed by atoms with E-state index in [0.717, 1.165) is 22.4 Å². The lowest BCUT2D eigenvalue weighted by Crippen LogP contribution is -2.21. The average Bonchev–Trinajstić information content (AvgIpc) is 2.97. The van der Waals surface area contributed by atoms with Gasteiger partial charge in [0.25, 0.3) is 5.91 Å². The summed E-state index contributed by atoms with van der Waals surface area (Å²) in [4.78, 5) is 18.9. The van der Waals surface area contributed by atoms with Crippen LogP contribution in [0.4, 0.5) is 0 Å². The molecule has 0 radical (unpaired) electrons. The minimum atomic E-state index is -0.0521. The predicted octanol–water partition coefficient (Wildman–Crippen LogP) is 3.98. The number of nitrogens with zero attached hydrogens (tertiary/aromatic N) is 3. The van der Waals surface area contributed by atoms with Gasteiger partial charge in [0.2, 0.25) is 0 Å². The lowest BCUT2D eigenvalue weighted by Gasteiger charge is -2.13. The molecule has 3 aromatic rings. The molecular weight excluding hydrogens is 326 g/mol. The molecule has 0 saturated heterocycles. The summed E-state index contributed by atoms with van der Waals surface area (Å²) in [7, 11) is 5.48. The smallest absolute Gasteiger partial charge is 0.253 e. The Bertz CT molecular complexity index is 927. The van der Waals surface area contributed by atoms with Crippen molar-refractivity contribution >= 4 is 16.9 Å². The number of hydrogen-bond acceptors (Lipinski definition) is 3. The van der Waals surface area contributed by atoms with Gasteiger partial charge in [0.05, 0.1) is 5.52 Å². The minimum Gasteiger partial charge on any atom is -0.487 e. The van der Waals surface area contributed by atoms with E-state index in [1.807, 2.05) is 48.0 Å². The number of fused-ring (bicyclic) bond motifs is 1. The number of benzene rings is 2. The zero-order valence-corrected chi connectivity index (χ0v) is 16.0. The van der Waals surface area contributed by atoms with Crippen LogP contribution >= 0.6 is 0 Å². The van der Waals surface area contributed by atoms with Crippen LogP contribution in [0.2, 0.25) is 0 Å². The van der Waals surface area contributed by atoms with Crippen LogP contribution in [0.25, 0.3) is 11.0 Å². The van der Waals surface area contributed by atoms with Gasteiger partial charge in [-0.15, -0.1) is 0 Å². The van der Waals surface area contributed by atoms with E-state index in [-0.39, 0.29) is 11.8 Å². The highest BCUT2D eigenvalue weighted by Gasteiger charge is 2.19. The fourth-order valence-electron chi connectivity index (χ4n) is 3.02. The molecule has 5 nitrogen and oxygen atoms in total. The molecular formula is C21H25N3O2. The standard InChI is InChI=1S/C21H25N3O2/c1-14(2)20-22-19-17(24(20)5)11-16(21(25)23(3)4)12-18(19)26-13-15-9-7-6-8-10-15/h6-12,14H,13H2,1-5H3. The van der Waals surface area contributed by atoms with Gasteiger partial charge in [-0.3, -0.25) is 4.79 Å². The van der Waals surface area contributed by atoms with E-state index in [0.29, 0.717) is 17.9 Å². The van der Waals surface area contributed by atoms with Crippen LogP contribution in [-0.2, 0) is 13.7 Å². The molecule has 5 heteroatoms. The highest BCUT2D eigenvalue weighted by atomic mass is 16.5. The van der Waals surface area contributed by atoms with Crippen LogP contribution in [0.5, 0.6) is 5.75 Å². The van der Waals surface area contributed by atoms with E-state index in [9.17, 15) is 4.79 Å². The zero-order valence-electron chi connectivity index (χ0n) is 16.0. The quantitative estimate of drug-likeness (QED) is 0.698. The number of rotatable bonds is 5. The van der Waals surface area contributed by atoms with Crippen molar-refractivity contribution in [1.29, 1.82) is 0 Å². The van der Waals surface area contributed by atoms with Gasteiger partial charge in [0, 0.05) is 32.6 Å². The summed E-state index contributed by atoms with van der Waals surface area (Å²) in [6.45, 7) is 4.65. The molecule has 2 aromatic carbocycles. The molecule has 1 aromatic heterocycles. The van der Waals surface area contributed by atoms with Crippen LogP contribution in [0, 0.1) is 0 Å². The van der Waals surface area contributed by atoms with Gasteiger partial charge in [-0.05, 0) is 17.7 Å². The Balaban J connectivity index is 2.08. The lowest BCUT2D eigenvalue weighted by atomic mass is 10.1. The number of ether oxygens (including phenoxy) is 1. The highest BCUT2D eigenvalue weighted by molar-refractivity contribution is 5.99. The van der Waals surface area contributed by atoms with Gasteiger partial charge in [-0.1, -0.05) is 44.2 Å². The molecule has 3 rings (SSSR count). The number of aromatic nitrogens is 2. The molecule has 136 valence electrons. The van der Waals surface area contributed by atoms with Gasteiger partial charge in [-0.2, -0.15) is 0 Å². The number of amides is 1. The molecule has 0 spiro atoms. The Hall–Kier alpha value is -2.82. The molecule has 0 saturated carbocycles. The van der Waals surface area contributed by atoms with Crippen molar-refractivity contribution in [3.63, 3.8) is 0 Å². The topological polar surface area (TPSA) is 47.4 Å². The number of carbonyl (C=O) groups excluding carboxylic acids is 1. The number of imidazole rings is 1. The summed E-state index contributed by atoms with van der Waals surface area (Å²) in [5.74, 6) is 1.84. The molecule has 0 N–H and O–H groups in total. The van der Waals surface area contributed by atoms with Crippen LogP contribution in [-0.4, -0.2) is 34.5 Å². The maximum Gasteiger partial charge on any atom is 0.253 e. The van der Waals surface area contributed by atoms with E-state index < -0.39 is 0 Å². The first-order valence-electron chi connectivity index (χ1n) is 8.77. The predicted molar refractivity (Wildman–Crippen MR) is 104 cm³/mol. The zero-order chi connectivity index (χ0) is 18.8. The van der Waals surface area contributed by atoms with Crippen molar-refractivity contribution in [3.05, 3.63) is 59.4 Å². The second-order valence-electron chi connectivity index (χ2n) is 7.00. The number of hydrogen-bond donors (Lipinski definition) is 0. The van der Waals surface area contributed by atoms with Crippen LogP contribution in [0.1, 0.15) is 41.5 Å². The molecule has 0 fully saturated rings. The largest absolute Gasteiger partial charge is 0.487 e. The molecule has 0 unspecified atom stereocenters. The highest BCUT2D eigenvalue weighted by Crippen LogP contribution is 2.31. The Morgan fingerprint density at radius 1 is 1.19 bits per heavy atom. The summed E-state index contributed by atoms with van der Waals surface area (Å²) in [5, 5.41) is 0. The first-order valence-corrected chi connectivity index (χ1v) is 8.77. The second kappa shape index (κ2) is 7.20. The van der Waals surface area contributed by atoms with E-state index >= 15 is 0 Å². The average molecular weight is 351 g/mol. The third-order valence-electron chi connectivity index (χ3n) is 4.39. The van der Waals surface area contributed by atoms with Crippen molar-refractivity contribution in [2.45, 2.75) is 26.4 Å². The fourth-order valence-corrected chi connectivity index (χ4v) is 3.02. The van der Waals surface area contributed by atoms with Crippen LogP contribution < -0.4 is 4.74 Å². The molecule has 0 aliphatic carbocycles. The van der Waals surface area contributed by atoms with Crippen LogP contribution in [0.3, 0.4) is 0 Å². The maximum absolute atomic E-state index is 12.5. The minimum absolute atomic E-state index is 0.0521. The molecule has 0 bridgehead atoms. The summed E-state index contributed by atoms with van der Waals surface area (Å²) in [5.41, 5.74) is 3.38. The summed E-state index contributed by atoms with van der Waals surface area (Å²) in [6, 6.07) is 13.7. The second-order valence-corrected chi connectivity index (χ2v) is 7.00. The Kier molecular flexibility index (Phi) is 4.98. The maximum atomic E-state index is 12.5. The van der Waals surface area contributed by atoms with Crippen molar-refractivity contribution in [2.75, 3.05) is 14.1 Å². The Labute approximate surface area is 154 Å². The van der Waals surface area contributed by atoms with Gasteiger partial charge < -0.3 is 14.2 Å². The molecule has 0 aliphatic heterocycles. The monoisotopic (exact) mass is 351 g/mol. The van der Waals surface area contributed by atoms with Crippen molar-refractivity contribution in [1.82, 2.24) is 14.5 Å². The van der Waals surface area contributed by atoms with E-state index in [2.05, 4.69) is 13.8 Å². The Morgan fingerprint density at radius 2 is 1.88 bits per heavy atom. The fraction of sp³-hybridized carbons (Fsp3) is 0.333. The van der Waals surface area contributed by atoms with E-state index in [4.69, 9.17) is 9.72 Å². The Morgan fingerprint density at radius 3 is 2.50 bits per heavy atom. The van der Waals surface area contributed by atoms with Crippen molar-refractivity contribution in [3.8, 4) is 5.75 Å². The van der Waals surface area contributed by atoms with Gasteiger partial charge >= 0.3 is 0 Å². The summed E-state index contributed by atoms with van der Waals surface area (Å²) < 4.78 is 8.12. The molecule has 0 atom stereocenters. The molecule has 26 heavy (non-hydrogen) atoms. The van der Waals surface area contributed by atoms with Crippen molar-refractivity contribution < 1.29 is 9.53 Å². The van der Waals surface area contributed by atoms with Gasteiger partial charge in [0.15, 0.2) is 0 Å². The SMILES string of the molecule is CC(C)c1nc2c(OCc3ccccc3)cc(C(=O)N(C)C)cc2n1C. The number of carbonyl (C=O) groups is 1. The van der Waals surface area contributed by atoms with Crippen molar-refractivity contribution in [2.24, 2.45) is 7.05 Å². The molecule has 1 heterocycles. The first kappa shape index (κ1) is 18.0. The molecule has 0 aliphatic rings. The van der Waals surface area contributed by atoms with E-state index in [1.165, 1.54) is 0 Å². The lowest BCUT2D eigenvalue weighted by molar-refractivity contribution is 0.0827. The van der Waals surface area contributed by atoms with Gasteiger partial charge in [-0.25, -0.2) is 4.98 Å². The van der Waals surface area contributed by atoms with Gasteiger partial charge in [0.1, 0.15) is 23.7 Å².